The van der Waals surface area contributed by atoms with E-state index >= 15 is 0 Å². The van der Waals surface area contributed by atoms with E-state index in [0.717, 1.165) is 25.7 Å². The Bertz CT molecular complexity index is 537. The van der Waals surface area contributed by atoms with Crippen LogP contribution in [-0.2, 0) is 0 Å². The minimum Gasteiger partial charge on any atom is -0.392 e. The van der Waals surface area contributed by atoms with Gasteiger partial charge in [0, 0.05) is 5.92 Å². The molecule has 0 spiro atoms. The molecule has 3 nitrogen and oxygen atoms in total. The maximum atomic E-state index is 10.5. The minimum absolute atomic E-state index is 0.230. The van der Waals surface area contributed by atoms with Gasteiger partial charge in [-0.2, -0.15) is 0 Å². The van der Waals surface area contributed by atoms with Crippen LogP contribution < -0.4 is 0 Å². The van der Waals surface area contributed by atoms with E-state index in [1.165, 1.54) is 83.8 Å². The van der Waals surface area contributed by atoms with Crippen LogP contribution in [0, 0.1) is 17.8 Å². The Kier molecular flexibility index (Phi) is 10.4. The SMILES string of the molecule is CCCCC[C@H](O)/C=C/[C@@H]1[C@H]2CC(CCCCCCN3CCCCC3)=C[C@H]2C[C@H]1O. The van der Waals surface area contributed by atoms with E-state index in [4.69, 9.17) is 0 Å². The number of unbranched alkanes of at least 4 members (excludes halogenated alkanes) is 5. The highest BCUT2D eigenvalue weighted by Crippen LogP contribution is 2.48. The first-order valence-electron chi connectivity index (χ1n) is 13.1. The molecule has 3 heteroatoms. The third kappa shape index (κ3) is 7.50. The van der Waals surface area contributed by atoms with Crippen LogP contribution in [0.15, 0.2) is 23.8 Å². The van der Waals surface area contributed by atoms with Gasteiger partial charge in [-0.3, -0.25) is 0 Å². The van der Waals surface area contributed by atoms with Crippen LogP contribution in [0.2, 0.25) is 0 Å². The second-order valence-corrected chi connectivity index (χ2v) is 10.3. The normalized spacial score (nSPS) is 30.7. The first kappa shape index (κ1) is 24.0. The van der Waals surface area contributed by atoms with Crippen LogP contribution in [0.25, 0.3) is 0 Å². The van der Waals surface area contributed by atoms with Gasteiger partial charge in [0.05, 0.1) is 12.2 Å². The van der Waals surface area contributed by atoms with Crippen molar-refractivity contribution >= 4 is 0 Å². The van der Waals surface area contributed by atoms with Crippen LogP contribution in [0.3, 0.4) is 0 Å². The van der Waals surface area contributed by atoms with Gasteiger partial charge in [0.2, 0.25) is 0 Å². The fourth-order valence-electron chi connectivity index (χ4n) is 5.97. The Morgan fingerprint density at radius 1 is 1.07 bits per heavy atom. The van der Waals surface area contributed by atoms with Gasteiger partial charge in [0.25, 0.3) is 0 Å². The van der Waals surface area contributed by atoms with Crippen LogP contribution in [-0.4, -0.2) is 47.0 Å². The lowest BCUT2D eigenvalue weighted by atomic mass is 9.88. The molecule has 0 bridgehead atoms. The second-order valence-electron chi connectivity index (χ2n) is 10.3. The average Bonchev–Trinajstić information content (AvgIpc) is 3.26. The van der Waals surface area contributed by atoms with E-state index < -0.39 is 0 Å². The largest absolute Gasteiger partial charge is 0.392 e. The molecule has 3 aliphatic rings. The number of aliphatic hydroxyl groups excluding tert-OH is 2. The molecule has 1 aliphatic heterocycles. The van der Waals surface area contributed by atoms with Crippen molar-refractivity contribution in [2.45, 2.75) is 109 Å². The van der Waals surface area contributed by atoms with Crippen LogP contribution in [0.1, 0.15) is 96.8 Å². The summed E-state index contributed by atoms with van der Waals surface area (Å²) in [7, 11) is 0. The number of fused-ring (bicyclic) bond motifs is 1. The molecule has 2 aliphatic carbocycles. The van der Waals surface area contributed by atoms with Crippen molar-refractivity contribution in [3.63, 3.8) is 0 Å². The summed E-state index contributed by atoms with van der Waals surface area (Å²) in [5.41, 5.74) is 1.63. The van der Waals surface area contributed by atoms with Crippen molar-refractivity contribution in [1.29, 1.82) is 0 Å². The van der Waals surface area contributed by atoms with Crippen molar-refractivity contribution in [2.24, 2.45) is 17.8 Å². The molecule has 0 aromatic rings. The molecule has 1 heterocycles. The molecule has 0 aromatic carbocycles. The number of rotatable bonds is 13. The highest BCUT2D eigenvalue weighted by molar-refractivity contribution is 5.21. The van der Waals surface area contributed by atoms with Gasteiger partial charge in [-0.15, -0.1) is 0 Å². The Hall–Kier alpha value is -0.640. The van der Waals surface area contributed by atoms with Crippen molar-refractivity contribution in [2.75, 3.05) is 19.6 Å². The molecule has 172 valence electrons. The van der Waals surface area contributed by atoms with Crippen LogP contribution >= 0.6 is 0 Å². The van der Waals surface area contributed by atoms with Gasteiger partial charge in [-0.05, 0) is 82.8 Å². The van der Waals surface area contributed by atoms with E-state index in [2.05, 4.69) is 24.0 Å². The van der Waals surface area contributed by atoms with E-state index in [1.807, 2.05) is 6.08 Å². The standard InChI is InChI=1S/C27H47NO2/c1-2-3-7-13-24(29)14-15-25-26-20-22(19-23(26)21-27(25)30)12-8-4-5-9-16-28-17-10-6-11-18-28/h14-15,19,23-27,29-30H,2-13,16-18,20-21H2,1H3/b15-14+/t23-,24-,25+,26-,27+/m0/s1. The molecular formula is C27H47NO2. The first-order valence-corrected chi connectivity index (χ1v) is 13.1. The lowest BCUT2D eigenvalue weighted by Gasteiger charge is -2.26. The fraction of sp³-hybridized carbons (Fsp3) is 0.852. The Morgan fingerprint density at radius 3 is 2.67 bits per heavy atom. The predicted octanol–water partition coefficient (Wildman–Crippen LogP) is 5.86. The van der Waals surface area contributed by atoms with Gasteiger partial charge in [0.15, 0.2) is 0 Å². The number of nitrogens with zero attached hydrogens (tertiary/aromatic N) is 1. The third-order valence-electron chi connectivity index (χ3n) is 7.78. The molecule has 30 heavy (non-hydrogen) atoms. The maximum Gasteiger partial charge on any atom is 0.0721 e. The molecule has 2 fully saturated rings. The lowest BCUT2D eigenvalue weighted by Crippen LogP contribution is -2.30. The summed E-state index contributed by atoms with van der Waals surface area (Å²) in [5, 5.41) is 20.7. The predicted molar refractivity (Wildman–Crippen MR) is 126 cm³/mol. The van der Waals surface area contributed by atoms with E-state index in [0.29, 0.717) is 11.8 Å². The summed E-state index contributed by atoms with van der Waals surface area (Å²) in [6, 6.07) is 0. The summed E-state index contributed by atoms with van der Waals surface area (Å²) < 4.78 is 0. The Labute approximate surface area is 185 Å². The Balaban J connectivity index is 1.31. The monoisotopic (exact) mass is 417 g/mol. The molecule has 0 aromatic heterocycles. The van der Waals surface area contributed by atoms with Gasteiger partial charge in [-0.25, -0.2) is 0 Å². The molecule has 0 amide bonds. The second kappa shape index (κ2) is 13.0. The third-order valence-corrected chi connectivity index (χ3v) is 7.78. The van der Waals surface area contributed by atoms with E-state index in [9.17, 15) is 10.2 Å². The van der Waals surface area contributed by atoms with Gasteiger partial charge in [0.1, 0.15) is 0 Å². The fourth-order valence-corrected chi connectivity index (χ4v) is 5.97. The molecular weight excluding hydrogens is 370 g/mol. The summed E-state index contributed by atoms with van der Waals surface area (Å²) in [6.45, 7) is 6.15. The summed E-state index contributed by atoms with van der Waals surface area (Å²) in [4.78, 5) is 2.66. The summed E-state index contributed by atoms with van der Waals surface area (Å²) >= 11 is 0. The number of hydrogen-bond donors (Lipinski definition) is 2. The molecule has 1 saturated carbocycles. The molecule has 1 saturated heterocycles. The summed E-state index contributed by atoms with van der Waals surface area (Å²) in [5.74, 6) is 1.35. The van der Waals surface area contributed by atoms with E-state index in [-0.39, 0.29) is 18.1 Å². The van der Waals surface area contributed by atoms with Crippen LogP contribution in [0.5, 0.6) is 0 Å². The Morgan fingerprint density at radius 2 is 1.87 bits per heavy atom. The zero-order valence-corrected chi connectivity index (χ0v) is 19.5. The molecule has 2 N–H and O–H groups in total. The average molecular weight is 418 g/mol. The molecule has 3 rings (SSSR count). The van der Waals surface area contributed by atoms with Gasteiger partial charge < -0.3 is 15.1 Å². The first-order chi connectivity index (χ1) is 14.7. The highest BCUT2D eigenvalue weighted by Gasteiger charge is 2.43. The number of allylic oxidation sites excluding steroid dienone is 2. The number of aliphatic hydroxyl groups is 2. The smallest absolute Gasteiger partial charge is 0.0721 e. The molecule has 0 unspecified atom stereocenters. The molecule has 0 radical (unpaired) electrons. The van der Waals surface area contributed by atoms with Gasteiger partial charge >= 0.3 is 0 Å². The zero-order valence-electron chi connectivity index (χ0n) is 19.5. The summed E-state index contributed by atoms with van der Waals surface area (Å²) in [6.07, 6.45) is 23.3. The maximum absolute atomic E-state index is 10.5. The topological polar surface area (TPSA) is 43.7 Å². The van der Waals surface area contributed by atoms with Crippen molar-refractivity contribution in [3.05, 3.63) is 23.8 Å². The van der Waals surface area contributed by atoms with Crippen molar-refractivity contribution in [1.82, 2.24) is 4.90 Å². The number of piperidine rings is 1. The number of likely N-dealkylation sites (tertiary alicyclic amines) is 1. The quantitative estimate of drug-likeness (QED) is 0.291. The van der Waals surface area contributed by atoms with Crippen molar-refractivity contribution < 1.29 is 10.2 Å². The van der Waals surface area contributed by atoms with Gasteiger partial charge in [-0.1, -0.05) is 69.2 Å². The minimum atomic E-state index is -0.346. The van der Waals surface area contributed by atoms with Crippen molar-refractivity contribution in [3.8, 4) is 0 Å². The highest BCUT2D eigenvalue weighted by atomic mass is 16.3. The van der Waals surface area contributed by atoms with E-state index in [1.54, 1.807) is 5.57 Å². The lowest BCUT2D eigenvalue weighted by molar-refractivity contribution is 0.139. The zero-order chi connectivity index (χ0) is 21.2. The van der Waals surface area contributed by atoms with Crippen LogP contribution in [0.4, 0.5) is 0 Å². The molecule has 5 atom stereocenters. The number of hydrogen-bond acceptors (Lipinski definition) is 3.